The second kappa shape index (κ2) is 9.11. The average molecular weight is 423 g/mol. The number of benzene rings is 2. The number of primary amides is 1. The van der Waals surface area contributed by atoms with Crippen molar-refractivity contribution in [1.82, 2.24) is 0 Å². The topological polar surface area (TPSA) is 81.9 Å². The molecule has 0 aliphatic carbocycles. The lowest BCUT2D eigenvalue weighted by Crippen LogP contribution is -2.35. The fourth-order valence-corrected chi connectivity index (χ4v) is 4.42. The summed E-state index contributed by atoms with van der Waals surface area (Å²) in [4.78, 5) is 26.7. The Kier molecular flexibility index (Phi) is 6.11. The largest absolute Gasteiger partial charge is 0.457 e. The molecule has 1 saturated heterocycles. The maximum Gasteiger partial charge on any atom is 0.348 e. The van der Waals surface area contributed by atoms with Crippen molar-refractivity contribution in [3.63, 3.8) is 0 Å². The van der Waals surface area contributed by atoms with E-state index in [0.717, 1.165) is 34.8 Å². The maximum absolute atomic E-state index is 12.7. The molecule has 2 aromatic carbocycles. The van der Waals surface area contributed by atoms with E-state index in [1.807, 2.05) is 36.4 Å². The van der Waals surface area contributed by atoms with Gasteiger partial charge in [0.25, 0.3) is 0 Å². The number of amides is 1. The van der Waals surface area contributed by atoms with E-state index in [9.17, 15) is 9.59 Å². The molecule has 7 heteroatoms. The van der Waals surface area contributed by atoms with Crippen LogP contribution in [-0.4, -0.2) is 38.2 Å². The predicted octanol–water partition coefficient (Wildman–Crippen LogP) is 3.71. The van der Waals surface area contributed by atoms with E-state index < -0.39 is 5.91 Å². The maximum atomic E-state index is 12.7. The lowest BCUT2D eigenvalue weighted by molar-refractivity contribution is 0.0478. The first-order valence-corrected chi connectivity index (χ1v) is 10.5. The fourth-order valence-electron chi connectivity index (χ4n) is 3.29. The van der Waals surface area contributed by atoms with Crippen LogP contribution in [0.1, 0.15) is 25.6 Å². The van der Waals surface area contributed by atoms with Crippen LogP contribution in [0.2, 0.25) is 0 Å². The van der Waals surface area contributed by atoms with Crippen molar-refractivity contribution >= 4 is 28.2 Å². The van der Waals surface area contributed by atoms with E-state index in [1.54, 1.807) is 24.3 Å². The van der Waals surface area contributed by atoms with Gasteiger partial charge >= 0.3 is 5.97 Å². The first-order valence-electron chi connectivity index (χ1n) is 9.69. The normalized spacial score (nSPS) is 13.8. The summed E-state index contributed by atoms with van der Waals surface area (Å²) < 4.78 is 11.0. The van der Waals surface area contributed by atoms with Crippen LogP contribution in [0.15, 0.2) is 60.7 Å². The minimum Gasteiger partial charge on any atom is -0.457 e. The van der Waals surface area contributed by atoms with Crippen LogP contribution in [0, 0.1) is 0 Å². The summed E-state index contributed by atoms with van der Waals surface area (Å²) in [6, 6.07) is 18.7. The van der Waals surface area contributed by atoms with Crippen molar-refractivity contribution in [2.75, 3.05) is 31.2 Å². The molecule has 0 radical (unpaired) electrons. The van der Waals surface area contributed by atoms with Crippen LogP contribution >= 0.6 is 11.3 Å². The van der Waals surface area contributed by atoms with Gasteiger partial charge in [-0.1, -0.05) is 42.5 Å². The molecule has 1 aliphatic rings. The molecule has 2 heterocycles. The Morgan fingerprint density at radius 2 is 1.73 bits per heavy atom. The third-order valence-electron chi connectivity index (χ3n) is 4.91. The molecule has 0 bridgehead atoms. The highest BCUT2D eigenvalue weighted by molar-refractivity contribution is 7.18. The average Bonchev–Trinajstić information content (AvgIpc) is 3.24. The molecular formula is C23H22N2O4S. The molecule has 4 rings (SSSR count). The van der Waals surface area contributed by atoms with E-state index in [4.69, 9.17) is 15.2 Å². The lowest BCUT2D eigenvalue weighted by Gasteiger charge is -2.28. The molecule has 0 unspecified atom stereocenters. The molecule has 3 aromatic rings. The Morgan fingerprint density at radius 1 is 1.03 bits per heavy atom. The van der Waals surface area contributed by atoms with Crippen LogP contribution < -0.4 is 10.6 Å². The van der Waals surface area contributed by atoms with E-state index in [0.29, 0.717) is 23.7 Å². The molecule has 154 valence electrons. The number of hydrogen-bond acceptors (Lipinski definition) is 6. The van der Waals surface area contributed by atoms with Gasteiger partial charge < -0.3 is 20.1 Å². The van der Waals surface area contributed by atoms with E-state index in [1.165, 1.54) is 11.3 Å². The molecule has 30 heavy (non-hydrogen) atoms. The molecule has 1 fully saturated rings. The van der Waals surface area contributed by atoms with Gasteiger partial charge in [0.1, 0.15) is 11.5 Å². The SMILES string of the molecule is NC(=O)c1ccc(COC(=O)c2cc(-c3ccccc3)c(N3CCOCC3)s2)cc1. The monoisotopic (exact) mass is 422 g/mol. The van der Waals surface area contributed by atoms with Crippen LogP contribution in [0.25, 0.3) is 11.1 Å². The number of esters is 1. The summed E-state index contributed by atoms with van der Waals surface area (Å²) >= 11 is 1.45. The molecule has 0 spiro atoms. The first-order chi connectivity index (χ1) is 14.6. The van der Waals surface area contributed by atoms with Crippen molar-refractivity contribution in [1.29, 1.82) is 0 Å². The second-order valence-electron chi connectivity index (χ2n) is 6.93. The number of nitrogens with zero attached hydrogens (tertiary/aromatic N) is 1. The summed E-state index contributed by atoms with van der Waals surface area (Å²) in [5, 5.41) is 1.06. The van der Waals surface area contributed by atoms with Gasteiger partial charge in [-0.15, -0.1) is 11.3 Å². The Morgan fingerprint density at radius 3 is 2.40 bits per heavy atom. The van der Waals surface area contributed by atoms with Gasteiger partial charge in [-0.25, -0.2) is 4.79 Å². The lowest BCUT2D eigenvalue weighted by atomic mass is 10.1. The zero-order valence-corrected chi connectivity index (χ0v) is 17.2. The van der Waals surface area contributed by atoms with Crippen LogP contribution in [0.5, 0.6) is 0 Å². The van der Waals surface area contributed by atoms with Crippen molar-refractivity contribution in [3.8, 4) is 11.1 Å². The smallest absolute Gasteiger partial charge is 0.348 e. The third kappa shape index (κ3) is 4.53. The summed E-state index contributed by atoms with van der Waals surface area (Å²) in [6.07, 6.45) is 0. The van der Waals surface area contributed by atoms with Gasteiger partial charge in [0.05, 0.1) is 18.2 Å². The third-order valence-corrected chi connectivity index (χ3v) is 6.08. The minimum atomic E-state index is -0.485. The summed E-state index contributed by atoms with van der Waals surface area (Å²) in [7, 11) is 0. The quantitative estimate of drug-likeness (QED) is 0.613. The summed E-state index contributed by atoms with van der Waals surface area (Å²) in [5.74, 6) is -0.850. The second-order valence-corrected chi connectivity index (χ2v) is 7.96. The fraction of sp³-hybridized carbons (Fsp3) is 0.217. The number of anilines is 1. The molecule has 0 saturated carbocycles. The van der Waals surface area contributed by atoms with Gasteiger partial charge in [0, 0.05) is 24.2 Å². The van der Waals surface area contributed by atoms with Gasteiger partial charge in [-0.2, -0.15) is 0 Å². The van der Waals surface area contributed by atoms with Gasteiger partial charge in [0.2, 0.25) is 5.91 Å². The molecule has 1 aliphatic heterocycles. The van der Waals surface area contributed by atoms with E-state index >= 15 is 0 Å². The zero-order chi connectivity index (χ0) is 20.9. The predicted molar refractivity (Wildman–Crippen MR) is 117 cm³/mol. The number of carbonyl (C=O) groups is 2. The molecule has 2 N–H and O–H groups in total. The molecule has 0 atom stereocenters. The Labute approximate surface area is 178 Å². The Hall–Kier alpha value is -3.16. The number of thiophene rings is 1. The molecule has 1 amide bonds. The highest BCUT2D eigenvalue weighted by atomic mass is 32.1. The number of ether oxygens (including phenoxy) is 2. The molecule has 6 nitrogen and oxygen atoms in total. The highest BCUT2D eigenvalue weighted by Crippen LogP contribution is 2.39. The van der Waals surface area contributed by atoms with E-state index in [2.05, 4.69) is 4.90 Å². The van der Waals surface area contributed by atoms with Crippen LogP contribution in [0.3, 0.4) is 0 Å². The van der Waals surface area contributed by atoms with Crippen molar-refractivity contribution in [2.45, 2.75) is 6.61 Å². The van der Waals surface area contributed by atoms with Crippen molar-refractivity contribution in [2.24, 2.45) is 5.73 Å². The minimum absolute atomic E-state index is 0.128. The number of morpholine rings is 1. The standard InChI is InChI=1S/C23H22N2O4S/c24-21(26)18-8-6-16(7-9-18)15-29-23(27)20-14-19(17-4-2-1-3-5-17)22(30-20)25-10-12-28-13-11-25/h1-9,14H,10-13,15H2,(H2,24,26). The summed E-state index contributed by atoms with van der Waals surface area (Å²) in [5.41, 5.74) is 8.56. The highest BCUT2D eigenvalue weighted by Gasteiger charge is 2.22. The summed E-state index contributed by atoms with van der Waals surface area (Å²) in [6.45, 7) is 3.06. The molecule has 1 aromatic heterocycles. The number of hydrogen-bond donors (Lipinski definition) is 1. The van der Waals surface area contributed by atoms with Crippen LogP contribution in [-0.2, 0) is 16.1 Å². The number of rotatable bonds is 6. The van der Waals surface area contributed by atoms with Crippen molar-refractivity contribution < 1.29 is 19.1 Å². The van der Waals surface area contributed by atoms with Crippen LogP contribution in [0.4, 0.5) is 5.00 Å². The number of nitrogens with two attached hydrogens (primary N) is 1. The first kappa shape index (κ1) is 20.1. The van der Waals surface area contributed by atoms with Gasteiger partial charge in [0.15, 0.2) is 0 Å². The van der Waals surface area contributed by atoms with E-state index in [-0.39, 0.29) is 12.6 Å². The Balaban J connectivity index is 1.53. The van der Waals surface area contributed by atoms with Crippen molar-refractivity contribution in [3.05, 3.63) is 76.7 Å². The number of carbonyl (C=O) groups excluding carboxylic acids is 2. The molecular weight excluding hydrogens is 400 g/mol. The Bertz CT molecular complexity index is 1030. The zero-order valence-electron chi connectivity index (χ0n) is 16.4. The van der Waals surface area contributed by atoms with Gasteiger partial charge in [-0.3, -0.25) is 4.79 Å². The van der Waals surface area contributed by atoms with Gasteiger partial charge in [-0.05, 0) is 29.3 Å².